The van der Waals surface area contributed by atoms with Crippen LogP contribution in [0.25, 0.3) is 0 Å². The third kappa shape index (κ3) is 3.63. The first-order valence-electron chi connectivity index (χ1n) is 15.3. The van der Waals surface area contributed by atoms with E-state index in [0.29, 0.717) is 24.9 Å². The molecule has 0 aromatic carbocycles. The Morgan fingerprint density at radius 3 is 2.30 bits per heavy atom. The highest BCUT2D eigenvalue weighted by Crippen LogP contribution is 2.75. The number of carbonyl (C=O) groups is 1. The summed E-state index contributed by atoms with van der Waals surface area (Å²) in [6.07, 6.45) is 11.1. The Labute approximate surface area is 226 Å². The minimum Gasteiger partial charge on any atom is -0.465 e. The molecule has 0 unspecified atom stereocenters. The Kier molecular flexibility index (Phi) is 6.41. The molecule has 0 aromatic rings. The zero-order valence-electron chi connectivity index (χ0n) is 25.0. The van der Waals surface area contributed by atoms with E-state index >= 15 is 0 Å². The maximum absolute atomic E-state index is 13.7. The van der Waals surface area contributed by atoms with E-state index in [-0.39, 0.29) is 44.4 Å². The number of hydrogen-bond acceptors (Lipinski definition) is 4. The van der Waals surface area contributed by atoms with Crippen LogP contribution in [0.3, 0.4) is 0 Å². The number of aliphatic hydroxyl groups is 2. The van der Waals surface area contributed by atoms with E-state index in [1.54, 1.807) is 5.57 Å². The number of allylic oxidation sites excluding steroid dienone is 2. The molecule has 5 aliphatic carbocycles. The van der Waals surface area contributed by atoms with Crippen molar-refractivity contribution in [2.45, 2.75) is 132 Å². The van der Waals surface area contributed by atoms with Gasteiger partial charge in [0.1, 0.15) is 0 Å². The molecule has 0 aromatic heterocycles. The molecule has 5 rings (SSSR count). The average Bonchev–Trinajstić information content (AvgIpc) is 2.81. The molecule has 4 nitrogen and oxygen atoms in total. The molecule has 4 saturated carbocycles. The van der Waals surface area contributed by atoms with Crippen LogP contribution in [0.15, 0.2) is 11.6 Å². The normalized spacial score (nSPS) is 50.0. The Bertz CT molecular complexity index is 965. The molecule has 2 N–H and O–H groups in total. The van der Waals surface area contributed by atoms with E-state index in [1.165, 1.54) is 0 Å². The molecule has 0 heterocycles. The van der Waals surface area contributed by atoms with Gasteiger partial charge in [-0.05, 0) is 109 Å². The molecule has 0 spiro atoms. The van der Waals surface area contributed by atoms with Gasteiger partial charge in [0.15, 0.2) is 0 Å². The van der Waals surface area contributed by atoms with Gasteiger partial charge in [-0.25, -0.2) is 0 Å². The zero-order chi connectivity index (χ0) is 27.2. The Morgan fingerprint density at radius 1 is 0.946 bits per heavy atom. The van der Waals surface area contributed by atoms with Crippen molar-refractivity contribution in [3.05, 3.63) is 11.6 Å². The highest BCUT2D eigenvalue weighted by atomic mass is 16.5. The van der Waals surface area contributed by atoms with E-state index in [4.69, 9.17) is 4.74 Å². The first kappa shape index (κ1) is 27.7. The van der Waals surface area contributed by atoms with Crippen LogP contribution in [0.1, 0.15) is 120 Å². The van der Waals surface area contributed by atoms with Crippen molar-refractivity contribution in [1.82, 2.24) is 0 Å². The van der Waals surface area contributed by atoms with Gasteiger partial charge < -0.3 is 14.9 Å². The summed E-state index contributed by atoms with van der Waals surface area (Å²) >= 11 is 0. The van der Waals surface area contributed by atoms with Gasteiger partial charge in [0.05, 0.1) is 24.2 Å². The topological polar surface area (TPSA) is 66.8 Å². The molecular weight excluding hydrogens is 460 g/mol. The van der Waals surface area contributed by atoms with E-state index in [2.05, 4.69) is 61.5 Å². The second-order valence-electron chi connectivity index (χ2n) is 16.0. The van der Waals surface area contributed by atoms with Gasteiger partial charge >= 0.3 is 5.97 Å². The van der Waals surface area contributed by atoms with Crippen molar-refractivity contribution in [2.24, 2.45) is 50.2 Å². The van der Waals surface area contributed by atoms with Gasteiger partial charge in [0, 0.05) is 0 Å². The van der Waals surface area contributed by atoms with E-state index < -0.39 is 12.2 Å². The number of rotatable bonds is 3. The van der Waals surface area contributed by atoms with Gasteiger partial charge in [-0.1, -0.05) is 67.0 Å². The first-order chi connectivity index (χ1) is 17.1. The highest BCUT2D eigenvalue weighted by molar-refractivity contribution is 5.78. The third-order valence-corrected chi connectivity index (χ3v) is 13.4. The fourth-order valence-corrected chi connectivity index (χ4v) is 11.1. The summed E-state index contributed by atoms with van der Waals surface area (Å²) in [6.45, 7) is 19.2. The smallest absolute Gasteiger partial charge is 0.312 e. The lowest BCUT2D eigenvalue weighted by atomic mass is 9.33. The summed E-state index contributed by atoms with van der Waals surface area (Å²) in [5, 5.41) is 22.0. The number of carbonyl (C=O) groups excluding carboxylic acids is 1. The predicted octanol–water partition coefficient (Wildman–Crippen LogP) is 7.07. The summed E-state index contributed by atoms with van der Waals surface area (Å²) in [7, 11) is 0. The van der Waals surface area contributed by atoms with Crippen LogP contribution in [0.2, 0.25) is 0 Å². The molecule has 0 amide bonds. The number of aliphatic hydroxyl groups excluding tert-OH is 2. The minimum atomic E-state index is -0.664. The quantitative estimate of drug-likeness (QED) is 0.312. The van der Waals surface area contributed by atoms with E-state index in [0.717, 1.165) is 57.8 Å². The molecule has 37 heavy (non-hydrogen) atoms. The Morgan fingerprint density at radius 2 is 1.62 bits per heavy atom. The molecule has 9 atom stereocenters. The summed E-state index contributed by atoms with van der Waals surface area (Å²) in [6, 6.07) is 0. The standard InChI is InChI=1S/C33H54O4/c1-9-18-37-27(36)33-16-14-28(2,3)19-22(33)21-10-11-25-30(6)20-23(34)26(35)29(4,5)24(30)12-13-32(25,8)31(21,7)15-17-33/h10,22-26,34-35H,9,11-20H2,1-8H3/t22-,23+,24+,25-,26+,30+,31+,32-,33+/m1/s1. The molecular formula is C33H54O4. The lowest BCUT2D eigenvalue weighted by Crippen LogP contribution is -2.67. The van der Waals surface area contributed by atoms with E-state index in [1.807, 2.05) is 0 Å². The summed E-state index contributed by atoms with van der Waals surface area (Å²) < 4.78 is 5.92. The number of esters is 1. The summed E-state index contributed by atoms with van der Waals surface area (Å²) in [4.78, 5) is 13.7. The van der Waals surface area contributed by atoms with Gasteiger partial charge in [-0.15, -0.1) is 0 Å². The first-order valence-corrected chi connectivity index (χ1v) is 15.3. The van der Waals surface area contributed by atoms with Crippen molar-refractivity contribution in [2.75, 3.05) is 6.61 Å². The molecule has 0 aliphatic heterocycles. The second-order valence-corrected chi connectivity index (χ2v) is 16.0. The van der Waals surface area contributed by atoms with Crippen molar-refractivity contribution >= 4 is 5.97 Å². The van der Waals surface area contributed by atoms with Crippen molar-refractivity contribution in [1.29, 1.82) is 0 Å². The number of ether oxygens (including phenoxy) is 1. The fourth-order valence-electron chi connectivity index (χ4n) is 11.1. The van der Waals surface area contributed by atoms with E-state index in [9.17, 15) is 15.0 Å². The van der Waals surface area contributed by atoms with Crippen LogP contribution in [0.4, 0.5) is 0 Å². The van der Waals surface area contributed by atoms with Crippen LogP contribution in [-0.2, 0) is 9.53 Å². The van der Waals surface area contributed by atoms with Crippen LogP contribution in [0.5, 0.6) is 0 Å². The SMILES string of the molecule is CCCOC(=O)[C@]12CCC(C)(C)C[C@@H]1C1=CC[C@@H]3[C@@]4(C)C[C@H](O)[C@H](O)C(C)(C)[C@@H]4CC[C@@]3(C)[C@@]1(C)CC2. The molecule has 5 aliphatic rings. The van der Waals surface area contributed by atoms with Gasteiger partial charge in [-0.2, -0.15) is 0 Å². The molecule has 4 fully saturated rings. The number of hydrogen-bond donors (Lipinski definition) is 2. The monoisotopic (exact) mass is 514 g/mol. The largest absolute Gasteiger partial charge is 0.465 e. The van der Waals surface area contributed by atoms with Gasteiger partial charge in [0.2, 0.25) is 0 Å². The zero-order valence-corrected chi connectivity index (χ0v) is 25.0. The average molecular weight is 515 g/mol. The Balaban J connectivity index is 1.58. The lowest BCUT2D eigenvalue weighted by Gasteiger charge is -2.71. The number of fused-ring (bicyclic) bond motifs is 7. The van der Waals surface area contributed by atoms with Crippen molar-refractivity contribution in [3.8, 4) is 0 Å². The van der Waals surface area contributed by atoms with Gasteiger partial charge in [-0.3, -0.25) is 4.79 Å². The van der Waals surface area contributed by atoms with Crippen molar-refractivity contribution < 1.29 is 19.7 Å². The van der Waals surface area contributed by atoms with Crippen LogP contribution >= 0.6 is 0 Å². The summed E-state index contributed by atoms with van der Waals surface area (Å²) in [5.74, 6) is 1.19. The molecule has 0 saturated heterocycles. The van der Waals surface area contributed by atoms with Crippen LogP contribution in [-0.4, -0.2) is 35.0 Å². The van der Waals surface area contributed by atoms with Crippen LogP contribution < -0.4 is 0 Å². The van der Waals surface area contributed by atoms with Crippen molar-refractivity contribution in [3.63, 3.8) is 0 Å². The maximum Gasteiger partial charge on any atom is 0.312 e. The van der Waals surface area contributed by atoms with Gasteiger partial charge in [0.25, 0.3) is 0 Å². The molecule has 210 valence electrons. The van der Waals surface area contributed by atoms with Crippen LogP contribution in [0, 0.1) is 50.2 Å². The maximum atomic E-state index is 13.7. The lowest BCUT2D eigenvalue weighted by molar-refractivity contribution is -0.232. The predicted molar refractivity (Wildman–Crippen MR) is 148 cm³/mol. The molecule has 0 radical (unpaired) electrons. The molecule has 0 bridgehead atoms. The Hall–Kier alpha value is -0.870. The fraction of sp³-hybridized carbons (Fsp3) is 0.909. The highest BCUT2D eigenvalue weighted by Gasteiger charge is 2.70. The summed E-state index contributed by atoms with van der Waals surface area (Å²) in [5.41, 5.74) is 1.26. The second kappa shape index (κ2) is 8.56. The minimum absolute atomic E-state index is 0.0133. The third-order valence-electron chi connectivity index (χ3n) is 13.4. The molecule has 4 heteroatoms.